The fourth-order valence-corrected chi connectivity index (χ4v) is 2.50. The smallest absolute Gasteiger partial charge is 0.242 e. The molecule has 15 heavy (non-hydrogen) atoms. The number of pyridine rings is 1. The van der Waals surface area contributed by atoms with Crippen molar-refractivity contribution in [2.24, 2.45) is 0 Å². The minimum Gasteiger partial charge on any atom is -0.242 e. The highest BCUT2D eigenvalue weighted by Crippen LogP contribution is 2.22. The second-order valence-electron chi connectivity index (χ2n) is 2.93. The first-order chi connectivity index (χ1) is 6.83. The zero-order chi connectivity index (χ0) is 11.6. The zero-order valence-electron chi connectivity index (χ0n) is 8.03. The van der Waals surface area contributed by atoms with Gasteiger partial charge >= 0.3 is 0 Å². The molecule has 8 heteroatoms. The Morgan fingerprint density at radius 1 is 1.53 bits per heavy atom. The second-order valence-corrected chi connectivity index (χ2v) is 5.81. The molecule has 1 N–H and O–H groups in total. The van der Waals surface area contributed by atoms with E-state index in [9.17, 15) is 8.42 Å². The second kappa shape index (κ2) is 4.75. The first-order valence-corrected chi connectivity index (χ1v) is 6.49. The number of hydrogen-bond acceptors (Lipinski definition) is 4. The van der Waals surface area contributed by atoms with Crippen LogP contribution in [0.4, 0.5) is 0 Å². The third-order valence-electron chi connectivity index (χ3n) is 1.38. The minimum absolute atomic E-state index is 0.0486. The van der Waals surface area contributed by atoms with E-state index < -0.39 is 10.0 Å². The molecule has 0 atom stereocenters. The van der Waals surface area contributed by atoms with E-state index in [-0.39, 0.29) is 10.0 Å². The van der Waals surface area contributed by atoms with Crippen molar-refractivity contribution < 1.29 is 8.42 Å². The summed E-state index contributed by atoms with van der Waals surface area (Å²) in [5.41, 5.74) is 0. The zero-order valence-corrected chi connectivity index (χ0v) is 11.2. The maximum atomic E-state index is 11.6. The SMILES string of the molecule is CN(C)NS(=O)(=O)c1cnc(Cl)c(Br)c1. The van der Waals surface area contributed by atoms with E-state index in [4.69, 9.17) is 11.6 Å². The minimum atomic E-state index is -3.57. The Morgan fingerprint density at radius 3 is 2.60 bits per heavy atom. The van der Waals surface area contributed by atoms with Crippen LogP contribution in [0.2, 0.25) is 5.15 Å². The summed E-state index contributed by atoms with van der Waals surface area (Å²) >= 11 is 8.76. The monoisotopic (exact) mass is 313 g/mol. The Hall–Kier alpha value is -0.210. The van der Waals surface area contributed by atoms with Crippen LogP contribution in [0, 0.1) is 0 Å². The topological polar surface area (TPSA) is 62.3 Å². The first kappa shape index (κ1) is 12.9. The summed E-state index contributed by atoms with van der Waals surface area (Å²) < 4.78 is 23.7. The van der Waals surface area contributed by atoms with Crippen LogP contribution in [-0.2, 0) is 10.0 Å². The van der Waals surface area contributed by atoms with Crippen molar-refractivity contribution >= 4 is 37.6 Å². The van der Waals surface area contributed by atoms with Gasteiger partial charge in [-0.25, -0.2) is 18.4 Å². The molecule has 0 aliphatic heterocycles. The van der Waals surface area contributed by atoms with Crippen LogP contribution in [0.1, 0.15) is 0 Å². The molecule has 0 amide bonds. The fourth-order valence-electron chi connectivity index (χ4n) is 0.844. The maximum Gasteiger partial charge on any atom is 0.255 e. The molecule has 0 saturated carbocycles. The lowest BCUT2D eigenvalue weighted by molar-refractivity contribution is 0.364. The van der Waals surface area contributed by atoms with Gasteiger partial charge in [-0.1, -0.05) is 11.6 Å². The van der Waals surface area contributed by atoms with Gasteiger partial charge in [0.2, 0.25) is 0 Å². The Labute approximate surface area is 102 Å². The molecule has 0 radical (unpaired) electrons. The number of hydrazine groups is 1. The van der Waals surface area contributed by atoms with E-state index in [0.717, 1.165) is 0 Å². The number of aromatic nitrogens is 1. The highest BCUT2D eigenvalue weighted by molar-refractivity contribution is 9.10. The van der Waals surface area contributed by atoms with Gasteiger partial charge in [0.15, 0.2) is 0 Å². The van der Waals surface area contributed by atoms with Crippen LogP contribution in [0.15, 0.2) is 21.6 Å². The van der Waals surface area contributed by atoms with Gasteiger partial charge < -0.3 is 0 Å². The highest BCUT2D eigenvalue weighted by Gasteiger charge is 2.16. The summed E-state index contributed by atoms with van der Waals surface area (Å²) in [4.78, 5) is 6.07. The largest absolute Gasteiger partial charge is 0.255 e. The molecule has 1 rings (SSSR count). The van der Waals surface area contributed by atoms with Gasteiger partial charge in [-0.3, -0.25) is 0 Å². The average molecular weight is 315 g/mol. The summed E-state index contributed by atoms with van der Waals surface area (Å²) in [7, 11) is -0.415. The first-order valence-electron chi connectivity index (χ1n) is 3.84. The Kier molecular flexibility index (Phi) is 4.07. The molecule has 84 valence electrons. The quantitative estimate of drug-likeness (QED) is 0.674. The van der Waals surface area contributed by atoms with Crippen molar-refractivity contribution in [2.45, 2.75) is 4.90 Å². The van der Waals surface area contributed by atoms with Crippen LogP contribution in [-0.4, -0.2) is 32.5 Å². The summed E-state index contributed by atoms with van der Waals surface area (Å²) in [6, 6.07) is 1.39. The molecule has 0 aliphatic rings. The van der Waals surface area contributed by atoms with Gasteiger partial charge in [0.05, 0.1) is 4.47 Å². The van der Waals surface area contributed by atoms with E-state index in [2.05, 4.69) is 25.7 Å². The van der Waals surface area contributed by atoms with Crippen molar-refractivity contribution in [3.63, 3.8) is 0 Å². The number of halogens is 2. The Balaban J connectivity index is 3.11. The van der Waals surface area contributed by atoms with Crippen LogP contribution in [0.3, 0.4) is 0 Å². The molecule has 0 aromatic carbocycles. The van der Waals surface area contributed by atoms with Crippen LogP contribution in [0.5, 0.6) is 0 Å². The predicted octanol–water partition coefficient (Wildman–Crippen LogP) is 1.25. The van der Waals surface area contributed by atoms with Crippen molar-refractivity contribution in [3.8, 4) is 0 Å². The van der Waals surface area contributed by atoms with Crippen molar-refractivity contribution in [3.05, 3.63) is 21.9 Å². The van der Waals surface area contributed by atoms with E-state index in [0.29, 0.717) is 4.47 Å². The molecule has 1 heterocycles. The predicted molar refractivity (Wildman–Crippen MR) is 61.0 cm³/mol. The van der Waals surface area contributed by atoms with E-state index >= 15 is 0 Å². The molecule has 0 fully saturated rings. The molecule has 0 unspecified atom stereocenters. The van der Waals surface area contributed by atoms with Crippen molar-refractivity contribution in [1.29, 1.82) is 0 Å². The molecule has 1 aromatic heterocycles. The molecule has 1 aromatic rings. The lowest BCUT2D eigenvalue weighted by Gasteiger charge is -2.12. The average Bonchev–Trinajstić information content (AvgIpc) is 2.07. The number of hydrogen-bond donors (Lipinski definition) is 1. The Bertz CT molecular complexity index is 463. The molecular weight excluding hydrogens is 306 g/mol. The third-order valence-corrected chi connectivity index (χ3v) is 3.97. The van der Waals surface area contributed by atoms with Crippen molar-refractivity contribution in [2.75, 3.05) is 14.1 Å². The number of nitrogens with zero attached hydrogens (tertiary/aromatic N) is 2. The van der Waals surface area contributed by atoms with E-state index in [1.807, 2.05) is 0 Å². The highest BCUT2D eigenvalue weighted by atomic mass is 79.9. The summed E-state index contributed by atoms with van der Waals surface area (Å²) in [5, 5.41) is 1.55. The molecule has 5 nitrogen and oxygen atoms in total. The van der Waals surface area contributed by atoms with Crippen molar-refractivity contribution in [1.82, 2.24) is 14.8 Å². The van der Waals surface area contributed by atoms with E-state index in [1.54, 1.807) is 14.1 Å². The molecule has 0 saturated heterocycles. The fraction of sp³-hybridized carbons (Fsp3) is 0.286. The van der Waals surface area contributed by atoms with Crippen LogP contribution < -0.4 is 4.83 Å². The maximum absolute atomic E-state index is 11.6. The van der Waals surface area contributed by atoms with Gasteiger partial charge in [-0.05, 0) is 22.0 Å². The molecule has 0 spiro atoms. The van der Waals surface area contributed by atoms with Gasteiger partial charge in [0, 0.05) is 20.3 Å². The van der Waals surface area contributed by atoms with Crippen LogP contribution >= 0.6 is 27.5 Å². The lowest BCUT2D eigenvalue weighted by Crippen LogP contribution is -2.36. The molecule has 0 bridgehead atoms. The van der Waals surface area contributed by atoms with Gasteiger partial charge in [0.1, 0.15) is 10.0 Å². The molecule has 0 aliphatic carbocycles. The summed E-state index contributed by atoms with van der Waals surface area (Å²) in [6.07, 6.45) is 1.19. The Morgan fingerprint density at radius 2 is 2.13 bits per heavy atom. The van der Waals surface area contributed by atoms with Gasteiger partial charge in [-0.2, -0.15) is 0 Å². The lowest BCUT2D eigenvalue weighted by atomic mass is 10.5. The number of sulfonamides is 1. The number of nitrogens with one attached hydrogen (secondary N) is 1. The van der Waals surface area contributed by atoms with Gasteiger partial charge in [0.25, 0.3) is 10.0 Å². The summed E-state index contributed by atoms with van der Waals surface area (Å²) in [6.45, 7) is 0. The van der Waals surface area contributed by atoms with Gasteiger partial charge in [-0.15, -0.1) is 4.83 Å². The molecular formula is C7H9BrClN3O2S. The third kappa shape index (κ3) is 3.39. The normalized spacial score (nSPS) is 12.1. The van der Waals surface area contributed by atoms with E-state index in [1.165, 1.54) is 17.3 Å². The number of rotatable bonds is 3. The standard InChI is InChI=1S/C7H9BrClN3O2S/c1-12(2)11-15(13,14)5-3-6(8)7(9)10-4-5/h3-4,11H,1-2H3. The summed E-state index contributed by atoms with van der Waals surface area (Å²) in [5.74, 6) is 0. The van der Waals surface area contributed by atoms with Crippen LogP contribution in [0.25, 0.3) is 0 Å².